The predicted octanol–water partition coefficient (Wildman–Crippen LogP) is 3.53. The highest BCUT2D eigenvalue weighted by molar-refractivity contribution is 7.89. The van der Waals surface area contributed by atoms with Crippen LogP contribution < -0.4 is 14.2 Å². The first-order chi connectivity index (χ1) is 14.9. The summed E-state index contributed by atoms with van der Waals surface area (Å²) in [4.78, 5) is 15.1. The molecule has 1 aliphatic carbocycles. The largest absolute Gasteiger partial charge is 0.486 e. The molecule has 3 aliphatic rings. The Balaban J connectivity index is 1.42. The number of carbonyl (C=O) groups excluding carboxylic acids is 1. The van der Waals surface area contributed by atoms with E-state index in [0.29, 0.717) is 36.8 Å². The second-order valence-corrected chi connectivity index (χ2v) is 10.2. The fourth-order valence-electron chi connectivity index (χ4n) is 4.12. The number of nitrogens with zero attached hydrogens (tertiary/aromatic N) is 1. The van der Waals surface area contributed by atoms with Crippen LogP contribution in [0.1, 0.15) is 47.6 Å². The van der Waals surface area contributed by atoms with E-state index in [9.17, 15) is 13.2 Å². The van der Waals surface area contributed by atoms with E-state index in [1.54, 1.807) is 11.0 Å². The predicted molar refractivity (Wildman–Crippen MR) is 115 cm³/mol. The number of benzene rings is 2. The van der Waals surface area contributed by atoms with Crippen molar-refractivity contribution in [2.75, 3.05) is 19.8 Å². The van der Waals surface area contributed by atoms with Gasteiger partial charge in [-0.1, -0.05) is 17.7 Å². The third-order valence-electron chi connectivity index (χ3n) is 5.83. The van der Waals surface area contributed by atoms with Crippen molar-refractivity contribution >= 4 is 27.5 Å². The van der Waals surface area contributed by atoms with Gasteiger partial charge in [-0.2, -0.15) is 0 Å². The van der Waals surface area contributed by atoms with Crippen LogP contribution in [0.3, 0.4) is 0 Å². The highest BCUT2D eigenvalue weighted by Crippen LogP contribution is 2.39. The standard InChI is InChI=1S/C22H23ClN2O5S/c23-17-7-3-15(13-21(17)31(27,28)24-16-5-6-16)22(26)25-9-1-2-18(25)14-4-8-19-20(12-14)30-11-10-29-19/h3-4,7-8,12-13,16,18,24H,1-2,5-6,9-11H2. The van der Waals surface area contributed by atoms with Gasteiger partial charge < -0.3 is 14.4 Å². The summed E-state index contributed by atoms with van der Waals surface area (Å²) in [5.74, 6) is 1.19. The Kier molecular flexibility index (Phi) is 5.32. The number of amides is 1. The van der Waals surface area contributed by atoms with E-state index in [2.05, 4.69) is 4.72 Å². The Morgan fingerprint density at radius 3 is 2.58 bits per heavy atom. The van der Waals surface area contributed by atoms with E-state index >= 15 is 0 Å². The molecule has 0 aromatic heterocycles. The topological polar surface area (TPSA) is 84.9 Å². The maximum atomic E-state index is 13.4. The molecule has 31 heavy (non-hydrogen) atoms. The number of ether oxygens (including phenoxy) is 2. The zero-order valence-corrected chi connectivity index (χ0v) is 18.4. The van der Waals surface area contributed by atoms with Gasteiger partial charge >= 0.3 is 0 Å². The van der Waals surface area contributed by atoms with Crippen molar-refractivity contribution in [2.24, 2.45) is 0 Å². The molecule has 164 valence electrons. The molecule has 2 aromatic rings. The van der Waals surface area contributed by atoms with Crippen molar-refractivity contribution in [3.05, 3.63) is 52.5 Å². The lowest BCUT2D eigenvalue weighted by Gasteiger charge is -2.27. The summed E-state index contributed by atoms with van der Waals surface area (Å²) >= 11 is 6.17. The number of fused-ring (bicyclic) bond motifs is 1. The average molecular weight is 463 g/mol. The van der Waals surface area contributed by atoms with Crippen LogP contribution in [0.5, 0.6) is 11.5 Å². The first-order valence-electron chi connectivity index (χ1n) is 10.4. The number of likely N-dealkylation sites (tertiary alicyclic amines) is 1. The molecule has 1 N–H and O–H groups in total. The minimum atomic E-state index is -3.77. The van der Waals surface area contributed by atoms with Gasteiger partial charge in [-0.05, 0) is 61.6 Å². The number of rotatable bonds is 5. The van der Waals surface area contributed by atoms with Gasteiger partial charge in [0.05, 0.1) is 11.1 Å². The molecule has 1 unspecified atom stereocenters. The van der Waals surface area contributed by atoms with Crippen LogP contribution in [0.15, 0.2) is 41.3 Å². The summed E-state index contributed by atoms with van der Waals surface area (Å²) < 4.78 is 39.3. The molecule has 1 saturated carbocycles. The van der Waals surface area contributed by atoms with Crippen molar-refractivity contribution < 1.29 is 22.7 Å². The van der Waals surface area contributed by atoms with Gasteiger partial charge in [0, 0.05) is 18.2 Å². The van der Waals surface area contributed by atoms with Crippen molar-refractivity contribution in [1.29, 1.82) is 0 Å². The first kappa shape index (κ1) is 20.6. The molecule has 1 amide bonds. The summed E-state index contributed by atoms with van der Waals surface area (Å²) in [7, 11) is -3.77. The Morgan fingerprint density at radius 2 is 1.81 bits per heavy atom. The molecule has 0 spiro atoms. The van der Waals surface area contributed by atoms with Crippen LogP contribution in [0.2, 0.25) is 5.02 Å². The van der Waals surface area contributed by atoms with Gasteiger partial charge in [0.2, 0.25) is 10.0 Å². The summed E-state index contributed by atoms with van der Waals surface area (Å²) in [6.07, 6.45) is 3.33. The smallest absolute Gasteiger partial charge is 0.254 e. The van der Waals surface area contributed by atoms with Crippen LogP contribution in [0, 0.1) is 0 Å². The highest BCUT2D eigenvalue weighted by Gasteiger charge is 2.33. The Labute approximate surface area is 186 Å². The second-order valence-electron chi connectivity index (χ2n) is 8.10. The normalized spacial score (nSPS) is 20.7. The van der Waals surface area contributed by atoms with Crippen LogP contribution in [-0.4, -0.2) is 45.0 Å². The molecule has 1 saturated heterocycles. The number of hydrogen-bond acceptors (Lipinski definition) is 5. The number of sulfonamides is 1. The third kappa shape index (κ3) is 4.12. The van der Waals surface area contributed by atoms with Crippen LogP contribution >= 0.6 is 11.6 Å². The van der Waals surface area contributed by atoms with Crippen LogP contribution in [-0.2, 0) is 10.0 Å². The number of nitrogens with one attached hydrogen (secondary N) is 1. The lowest BCUT2D eigenvalue weighted by molar-refractivity contribution is 0.0735. The average Bonchev–Trinajstić information content (AvgIpc) is 3.43. The minimum Gasteiger partial charge on any atom is -0.486 e. The summed E-state index contributed by atoms with van der Waals surface area (Å²) in [5.41, 5.74) is 1.29. The molecule has 1 atom stereocenters. The monoisotopic (exact) mass is 462 g/mol. The molecule has 0 radical (unpaired) electrons. The summed E-state index contributed by atoms with van der Waals surface area (Å²) in [6.45, 7) is 1.63. The Bertz CT molecular complexity index is 1130. The molecule has 2 fully saturated rings. The maximum Gasteiger partial charge on any atom is 0.254 e. The quantitative estimate of drug-likeness (QED) is 0.734. The van der Waals surface area contributed by atoms with Gasteiger partial charge in [0.25, 0.3) is 5.91 Å². The lowest BCUT2D eigenvalue weighted by Crippen LogP contribution is -2.31. The van der Waals surface area contributed by atoms with E-state index in [-0.39, 0.29) is 27.9 Å². The second kappa shape index (κ2) is 8.00. The first-order valence-corrected chi connectivity index (χ1v) is 12.3. The van der Waals surface area contributed by atoms with E-state index in [4.69, 9.17) is 21.1 Å². The number of carbonyl (C=O) groups is 1. The van der Waals surface area contributed by atoms with Crippen molar-refractivity contribution in [1.82, 2.24) is 9.62 Å². The minimum absolute atomic E-state index is 0.0430. The van der Waals surface area contributed by atoms with Crippen LogP contribution in [0.25, 0.3) is 0 Å². The summed E-state index contributed by atoms with van der Waals surface area (Å²) in [6, 6.07) is 10.1. The molecule has 7 nitrogen and oxygen atoms in total. The van der Waals surface area contributed by atoms with Crippen molar-refractivity contribution in [2.45, 2.75) is 42.7 Å². The zero-order chi connectivity index (χ0) is 21.6. The van der Waals surface area contributed by atoms with Gasteiger partial charge in [0.1, 0.15) is 18.1 Å². The van der Waals surface area contributed by atoms with Gasteiger partial charge in [-0.25, -0.2) is 13.1 Å². The Morgan fingerprint density at radius 1 is 1.03 bits per heavy atom. The molecule has 2 aromatic carbocycles. The van der Waals surface area contributed by atoms with Gasteiger partial charge in [-0.3, -0.25) is 4.79 Å². The molecular weight excluding hydrogens is 440 g/mol. The number of halogens is 1. The van der Waals surface area contributed by atoms with Crippen molar-refractivity contribution in [3.63, 3.8) is 0 Å². The molecular formula is C22H23ClN2O5S. The molecule has 0 bridgehead atoms. The SMILES string of the molecule is O=C(c1ccc(Cl)c(S(=O)(=O)NC2CC2)c1)N1CCCC1c1ccc2c(c1)OCCO2. The lowest BCUT2D eigenvalue weighted by atomic mass is 10.0. The molecule has 2 aliphatic heterocycles. The zero-order valence-electron chi connectivity index (χ0n) is 16.8. The van der Waals surface area contributed by atoms with Crippen LogP contribution in [0.4, 0.5) is 0 Å². The fraction of sp³-hybridized carbons (Fsp3) is 0.409. The molecule has 2 heterocycles. The fourth-order valence-corrected chi connectivity index (χ4v) is 5.95. The molecule has 5 rings (SSSR count). The third-order valence-corrected chi connectivity index (χ3v) is 7.83. The van der Waals surface area contributed by atoms with E-state index < -0.39 is 10.0 Å². The summed E-state index contributed by atoms with van der Waals surface area (Å²) in [5, 5.41) is 0.106. The number of hydrogen-bond donors (Lipinski definition) is 1. The maximum absolute atomic E-state index is 13.4. The van der Waals surface area contributed by atoms with E-state index in [1.807, 2.05) is 18.2 Å². The highest BCUT2D eigenvalue weighted by atomic mass is 35.5. The van der Waals surface area contributed by atoms with Gasteiger partial charge in [-0.15, -0.1) is 0 Å². The van der Waals surface area contributed by atoms with Gasteiger partial charge in [0.15, 0.2) is 11.5 Å². The molecule has 9 heteroatoms. The van der Waals surface area contributed by atoms with E-state index in [1.165, 1.54) is 12.1 Å². The Hall–Kier alpha value is -2.29. The van der Waals surface area contributed by atoms with Crippen molar-refractivity contribution in [3.8, 4) is 11.5 Å². The van der Waals surface area contributed by atoms with E-state index in [0.717, 1.165) is 31.2 Å².